The molecule has 0 radical (unpaired) electrons. The van der Waals surface area contributed by atoms with Crippen molar-refractivity contribution in [3.05, 3.63) is 70.1 Å². The summed E-state index contributed by atoms with van der Waals surface area (Å²) in [6, 6.07) is 11.0. The molecule has 5 atom stereocenters. The first-order valence-electron chi connectivity index (χ1n) is 10.7. The highest BCUT2D eigenvalue weighted by molar-refractivity contribution is 6.33. The molecule has 172 valence electrons. The third-order valence-electron chi connectivity index (χ3n) is 6.11. The van der Waals surface area contributed by atoms with Crippen LogP contribution in [-0.4, -0.2) is 46.6 Å². The summed E-state index contributed by atoms with van der Waals surface area (Å²) in [6.45, 7) is 2.64. The zero-order valence-corrected chi connectivity index (χ0v) is 19.3. The van der Waals surface area contributed by atoms with E-state index in [1.54, 1.807) is 30.6 Å². The summed E-state index contributed by atoms with van der Waals surface area (Å²) in [5.74, 6) is 0.716. The maximum atomic E-state index is 9.96. The number of aliphatic hydroxyl groups excluding tert-OH is 1. The average Bonchev–Trinajstić information content (AvgIpc) is 3.40. The number of pyridine rings is 2. The first-order chi connectivity index (χ1) is 15.9. The number of anilines is 1. The van der Waals surface area contributed by atoms with Gasteiger partial charge in [-0.1, -0.05) is 29.3 Å². The van der Waals surface area contributed by atoms with Crippen molar-refractivity contribution in [3.8, 4) is 16.9 Å². The molecule has 2 aliphatic heterocycles. The molecule has 0 amide bonds. The average molecular weight is 488 g/mol. The van der Waals surface area contributed by atoms with Crippen LogP contribution < -0.4 is 10.5 Å². The Morgan fingerprint density at radius 1 is 1.03 bits per heavy atom. The molecule has 0 spiro atoms. The van der Waals surface area contributed by atoms with Crippen LogP contribution >= 0.6 is 23.2 Å². The van der Waals surface area contributed by atoms with Crippen molar-refractivity contribution in [2.24, 2.45) is 0 Å². The smallest absolute Gasteiger partial charge is 0.166 e. The lowest BCUT2D eigenvalue weighted by Crippen LogP contribution is -2.28. The van der Waals surface area contributed by atoms with Gasteiger partial charge >= 0.3 is 0 Å². The highest BCUT2D eigenvalue weighted by Gasteiger charge is 2.48. The van der Waals surface area contributed by atoms with Gasteiger partial charge in [-0.3, -0.25) is 4.98 Å². The summed E-state index contributed by atoms with van der Waals surface area (Å²) in [6.07, 6.45) is 2.04. The quantitative estimate of drug-likeness (QED) is 0.549. The van der Waals surface area contributed by atoms with E-state index in [1.807, 2.05) is 25.1 Å². The number of ether oxygens (including phenoxy) is 3. The van der Waals surface area contributed by atoms with Crippen molar-refractivity contribution in [1.82, 2.24) is 9.97 Å². The minimum absolute atomic E-state index is 0.00654. The van der Waals surface area contributed by atoms with Crippen molar-refractivity contribution in [2.45, 2.75) is 37.3 Å². The van der Waals surface area contributed by atoms with Crippen LogP contribution in [0.4, 0.5) is 5.82 Å². The standard InChI is InChI=1S/C24H23Cl2N3O4/c1-12(16-7-15(25)3-4-18(16)26)33-21-6-14(9-29-24(21)27)13-2-5-19(28-8-13)17-10-31-23-20(30)11-32-22(17)23/h2-9,12,17,20,22-23,30H,10-11H2,1H3,(H2,27,29). The SMILES string of the molecule is CC(Oc1cc(-c2ccc(C3COC4C(O)COC34)nc2)cnc1N)c1cc(Cl)ccc1Cl. The monoisotopic (exact) mass is 487 g/mol. The van der Waals surface area contributed by atoms with Gasteiger partial charge in [-0.2, -0.15) is 0 Å². The van der Waals surface area contributed by atoms with Crippen molar-refractivity contribution >= 4 is 29.0 Å². The summed E-state index contributed by atoms with van der Waals surface area (Å²) < 4.78 is 17.5. The predicted octanol–water partition coefficient (Wildman–Crippen LogP) is 4.41. The molecule has 2 aliphatic rings. The highest BCUT2D eigenvalue weighted by Crippen LogP contribution is 2.38. The van der Waals surface area contributed by atoms with Crippen LogP contribution in [0.3, 0.4) is 0 Å². The topological polar surface area (TPSA) is 99.7 Å². The molecule has 0 bridgehead atoms. The zero-order valence-electron chi connectivity index (χ0n) is 17.8. The lowest BCUT2D eigenvalue weighted by Gasteiger charge is -2.18. The fraction of sp³-hybridized carbons (Fsp3) is 0.333. The molecule has 1 aromatic carbocycles. The lowest BCUT2D eigenvalue weighted by molar-refractivity contribution is 0.0181. The second-order valence-electron chi connectivity index (χ2n) is 8.27. The number of nitrogen functional groups attached to an aromatic ring is 1. The number of hydrogen-bond acceptors (Lipinski definition) is 7. The molecule has 3 N–H and O–H groups in total. The Kier molecular flexibility index (Phi) is 6.16. The fourth-order valence-electron chi connectivity index (χ4n) is 4.32. The fourth-order valence-corrected chi connectivity index (χ4v) is 4.77. The van der Waals surface area contributed by atoms with Crippen LogP contribution in [0.5, 0.6) is 5.75 Å². The van der Waals surface area contributed by atoms with Gasteiger partial charge in [-0.15, -0.1) is 0 Å². The van der Waals surface area contributed by atoms with Crippen LogP contribution in [0.15, 0.2) is 48.8 Å². The lowest BCUT2D eigenvalue weighted by atomic mass is 9.96. The molecule has 5 unspecified atom stereocenters. The summed E-state index contributed by atoms with van der Waals surface area (Å²) in [5.41, 5.74) is 9.38. The van der Waals surface area contributed by atoms with Gasteiger partial charge < -0.3 is 25.1 Å². The molecule has 2 fully saturated rings. The number of nitrogens with zero attached hydrogens (tertiary/aromatic N) is 2. The number of benzene rings is 1. The number of rotatable bonds is 5. The molecule has 0 saturated carbocycles. The van der Waals surface area contributed by atoms with E-state index in [2.05, 4.69) is 9.97 Å². The molecule has 7 nitrogen and oxygen atoms in total. The number of aromatic nitrogens is 2. The zero-order chi connectivity index (χ0) is 23.1. The second-order valence-corrected chi connectivity index (χ2v) is 9.12. The normalized spacial score (nSPS) is 25.1. The highest BCUT2D eigenvalue weighted by atomic mass is 35.5. The first kappa shape index (κ1) is 22.4. The Labute approximate surface area is 201 Å². The molecule has 2 aromatic heterocycles. The largest absolute Gasteiger partial charge is 0.482 e. The van der Waals surface area contributed by atoms with E-state index in [9.17, 15) is 5.11 Å². The third-order valence-corrected chi connectivity index (χ3v) is 6.69. The summed E-state index contributed by atoms with van der Waals surface area (Å²) in [4.78, 5) is 8.92. The van der Waals surface area contributed by atoms with Gasteiger partial charge in [-0.25, -0.2) is 4.98 Å². The van der Waals surface area contributed by atoms with Gasteiger partial charge in [0.2, 0.25) is 0 Å². The van der Waals surface area contributed by atoms with E-state index in [0.717, 1.165) is 22.4 Å². The van der Waals surface area contributed by atoms with E-state index in [1.165, 1.54) is 0 Å². The molecule has 4 heterocycles. The van der Waals surface area contributed by atoms with Crippen LogP contribution in [0, 0.1) is 0 Å². The Bertz CT molecular complexity index is 1160. The van der Waals surface area contributed by atoms with Gasteiger partial charge in [0.05, 0.1) is 25.2 Å². The Balaban J connectivity index is 1.35. The molecular formula is C24H23Cl2N3O4. The number of aliphatic hydroxyl groups is 1. The van der Waals surface area contributed by atoms with Crippen LogP contribution in [-0.2, 0) is 9.47 Å². The number of hydrogen-bond donors (Lipinski definition) is 2. The summed E-state index contributed by atoms with van der Waals surface area (Å²) in [5, 5.41) is 11.1. The first-order valence-corrected chi connectivity index (χ1v) is 11.4. The van der Waals surface area contributed by atoms with E-state index in [0.29, 0.717) is 29.0 Å². The van der Waals surface area contributed by atoms with Crippen molar-refractivity contribution in [3.63, 3.8) is 0 Å². The maximum absolute atomic E-state index is 9.96. The van der Waals surface area contributed by atoms with E-state index < -0.39 is 6.10 Å². The van der Waals surface area contributed by atoms with Gasteiger partial charge in [0, 0.05) is 44.8 Å². The van der Waals surface area contributed by atoms with Gasteiger partial charge in [0.1, 0.15) is 18.3 Å². The molecule has 5 rings (SSSR count). The number of nitrogens with two attached hydrogens (primary N) is 1. The second kappa shape index (κ2) is 9.08. The number of fused-ring (bicyclic) bond motifs is 1. The molecule has 0 aliphatic carbocycles. The summed E-state index contributed by atoms with van der Waals surface area (Å²) in [7, 11) is 0. The van der Waals surface area contributed by atoms with E-state index in [-0.39, 0.29) is 30.0 Å². The third kappa shape index (κ3) is 4.39. The molecule has 9 heteroatoms. The van der Waals surface area contributed by atoms with Crippen LogP contribution in [0.2, 0.25) is 10.0 Å². The van der Waals surface area contributed by atoms with Gasteiger partial charge in [0.15, 0.2) is 11.6 Å². The Morgan fingerprint density at radius 3 is 2.61 bits per heavy atom. The minimum Gasteiger partial charge on any atom is -0.482 e. The predicted molar refractivity (Wildman–Crippen MR) is 126 cm³/mol. The van der Waals surface area contributed by atoms with Gasteiger partial charge in [0.25, 0.3) is 0 Å². The van der Waals surface area contributed by atoms with Gasteiger partial charge in [-0.05, 0) is 37.3 Å². The summed E-state index contributed by atoms with van der Waals surface area (Å²) >= 11 is 12.4. The minimum atomic E-state index is -0.581. The van der Waals surface area contributed by atoms with E-state index >= 15 is 0 Å². The van der Waals surface area contributed by atoms with Crippen molar-refractivity contribution in [2.75, 3.05) is 18.9 Å². The molecule has 2 saturated heterocycles. The van der Waals surface area contributed by atoms with E-state index in [4.69, 9.17) is 43.1 Å². The van der Waals surface area contributed by atoms with Crippen LogP contribution in [0.25, 0.3) is 11.1 Å². The Hall–Kier alpha value is -2.42. The van der Waals surface area contributed by atoms with Crippen molar-refractivity contribution in [1.29, 1.82) is 0 Å². The molecular weight excluding hydrogens is 465 g/mol. The van der Waals surface area contributed by atoms with Crippen LogP contribution in [0.1, 0.15) is 30.2 Å². The molecule has 3 aromatic rings. The number of halogens is 2. The Morgan fingerprint density at radius 2 is 1.82 bits per heavy atom. The maximum Gasteiger partial charge on any atom is 0.166 e. The van der Waals surface area contributed by atoms with Crippen molar-refractivity contribution < 1.29 is 19.3 Å². The molecule has 33 heavy (non-hydrogen) atoms.